The molecule has 1 aliphatic heterocycles. The lowest BCUT2D eigenvalue weighted by molar-refractivity contribution is 0.0702. The van der Waals surface area contributed by atoms with Crippen LogP contribution in [0.15, 0.2) is 6.33 Å². The highest BCUT2D eigenvalue weighted by atomic mass is 16.2. The Morgan fingerprint density at radius 2 is 2.25 bits per heavy atom. The third-order valence-corrected chi connectivity index (χ3v) is 3.95. The van der Waals surface area contributed by atoms with Crippen molar-refractivity contribution < 1.29 is 4.79 Å². The summed E-state index contributed by atoms with van der Waals surface area (Å²) in [7, 11) is 0. The molecule has 0 atom stereocenters. The number of fused-ring (bicyclic) bond motifs is 1. The van der Waals surface area contributed by atoms with Crippen molar-refractivity contribution in [2.45, 2.75) is 31.8 Å². The van der Waals surface area contributed by atoms with Gasteiger partial charge in [0.2, 0.25) is 0 Å². The zero-order valence-electron chi connectivity index (χ0n) is 10.9. The smallest absolute Gasteiger partial charge is 0.276 e. The third kappa shape index (κ3) is 1.68. The molecule has 2 aromatic rings. The molecular weight excluding hydrogens is 258 g/mol. The molecule has 4 rings (SSSR count). The molecule has 0 unspecified atom stereocenters. The molecule has 1 aliphatic carbocycles. The van der Waals surface area contributed by atoms with E-state index in [9.17, 15) is 4.79 Å². The van der Waals surface area contributed by atoms with Gasteiger partial charge in [0.05, 0.1) is 17.9 Å². The van der Waals surface area contributed by atoms with Crippen molar-refractivity contribution in [3.8, 4) is 0 Å². The van der Waals surface area contributed by atoms with Gasteiger partial charge in [-0.3, -0.25) is 9.89 Å². The first kappa shape index (κ1) is 11.4. The number of aromatic amines is 1. The summed E-state index contributed by atoms with van der Waals surface area (Å²) in [6.45, 7) is 1.77. The number of nitrogens with zero attached hydrogens (tertiary/aromatic N) is 5. The van der Waals surface area contributed by atoms with Crippen molar-refractivity contribution in [1.29, 1.82) is 0 Å². The number of nitrogens with two attached hydrogens (primary N) is 1. The van der Waals surface area contributed by atoms with Crippen LogP contribution in [0.1, 0.15) is 40.8 Å². The van der Waals surface area contributed by atoms with E-state index in [1.54, 1.807) is 11.2 Å². The maximum Gasteiger partial charge on any atom is 0.276 e. The van der Waals surface area contributed by atoms with Crippen LogP contribution >= 0.6 is 0 Å². The Morgan fingerprint density at radius 1 is 1.40 bits per heavy atom. The van der Waals surface area contributed by atoms with E-state index in [0.29, 0.717) is 36.9 Å². The van der Waals surface area contributed by atoms with E-state index in [1.165, 1.54) is 0 Å². The number of carbonyl (C=O) groups is 1. The van der Waals surface area contributed by atoms with Crippen LogP contribution in [0.25, 0.3) is 0 Å². The number of amides is 1. The molecule has 2 aromatic heterocycles. The minimum absolute atomic E-state index is 0.139. The van der Waals surface area contributed by atoms with E-state index in [-0.39, 0.29) is 5.91 Å². The van der Waals surface area contributed by atoms with Crippen molar-refractivity contribution in [3.63, 3.8) is 0 Å². The first-order chi connectivity index (χ1) is 9.74. The third-order valence-electron chi connectivity index (χ3n) is 3.95. The van der Waals surface area contributed by atoms with Crippen molar-refractivity contribution in [1.82, 2.24) is 29.9 Å². The minimum atomic E-state index is -0.139. The summed E-state index contributed by atoms with van der Waals surface area (Å²) in [6, 6.07) is 0. The highest BCUT2D eigenvalue weighted by Crippen LogP contribution is 2.42. The molecule has 0 bridgehead atoms. The molecule has 0 saturated heterocycles. The van der Waals surface area contributed by atoms with Crippen LogP contribution in [0.3, 0.4) is 0 Å². The van der Waals surface area contributed by atoms with Gasteiger partial charge in [-0.2, -0.15) is 5.10 Å². The lowest BCUT2D eigenvalue weighted by Gasteiger charge is -2.26. The van der Waals surface area contributed by atoms with Gasteiger partial charge in [-0.15, -0.1) is 10.2 Å². The average molecular weight is 273 g/mol. The number of anilines is 1. The number of carbonyl (C=O) groups excluding carboxylic acids is 1. The standard InChI is InChI=1S/C12H15N7O/c13-9-10(7-1-2-7)16-17-11(9)12(20)18-3-4-19-6-14-15-8(19)5-18/h6-7H,1-5,13H2,(H,16,17). The van der Waals surface area contributed by atoms with Crippen molar-refractivity contribution >= 4 is 11.6 Å². The first-order valence-corrected chi connectivity index (χ1v) is 6.73. The predicted molar refractivity (Wildman–Crippen MR) is 69.7 cm³/mol. The maximum atomic E-state index is 12.5. The molecule has 3 heterocycles. The molecule has 0 aromatic carbocycles. The maximum absolute atomic E-state index is 12.5. The summed E-state index contributed by atoms with van der Waals surface area (Å²) in [4.78, 5) is 14.2. The van der Waals surface area contributed by atoms with Gasteiger partial charge >= 0.3 is 0 Å². The van der Waals surface area contributed by atoms with E-state index in [2.05, 4.69) is 20.4 Å². The lowest BCUT2D eigenvalue weighted by Crippen LogP contribution is -2.38. The van der Waals surface area contributed by atoms with Crippen LogP contribution in [0.4, 0.5) is 5.69 Å². The second kappa shape index (κ2) is 4.06. The van der Waals surface area contributed by atoms with Crippen LogP contribution in [-0.2, 0) is 13.1 Å². The number of nitrogens with one attached hydrogen (secondary N) is 1. The number of rotatable bonds is 2. The molecule has 1 saturated carbocycles. The summed E-state index contributed by atoms with van der Waals surface area (Å²) in [5.41, 5.74) is 7.80. The van der Waals surface area contributed by atoms with E-state index in [4.69, 9.17) is 5.73 Å². The first-order valence-electron chi connectivity index (χ1n) is 6.73. The Morgan fingerprint density at radius 3 is 3.05 bits per heavy atom. The van der Waals surface area contributed by atoms with Crippen molar-refractivity contribution in [3.05, 3.63) is 23.5 Å². The molecular formula is C12H15N7O. The molecule has 8 heteroatoms. The van der Waals surface area contributed by atoms with E-state index in [1.807, 2.05) is 4.57 Å². The van der Waals surface area contributed by atoms with Gasteiger partial charge in [0.15, 0.2) is 11.5 Å². The second-order valence-corrected chi connectivity index (χ2v) is 5.34. The molecule has 0 radical (unpaired) electrons. The van der Waals surface area contributed by atoms with Gasteiger partial charge in [0, 0.05) is 19.0 Å². The lowest BCUT2D eigenvalue weighted by atomic mass is 10.2. The monoisotopic (exact) mass is 273 g/mol. The Kier molecular flexibility index (Phi) is 2.32. The summed E-state index contributed by atoms with van der Waals surface area (Å²) in [5, 5.41) is 14.9. The molecule has 1 amide bonds. The Bertz CT molecular complexity index is 669. The number of hydrogen-bond donors (Lipinski definition) is 2. The van der Waals surface area contributed by atoms with Gasteiger partial charge in [-0.25, -0.2) is 0 Å². The Labute approximate surface area is 115 Å². The van der Waals surface area contributed by atoms with Gasteiger partial charge in [-0.1, -0.05) is 0 Å². The van der Waals surface area contributed by atoms with Crippen LogP contribution in [0.5, 0.6) is 0 Å². The number of H-pyrrole nitrogens is 1. The summed E-state index contributed by atoms with van der Waals surface area (Å²) < 4.78 is 1.95. The second-order valence-electron chi connectivity index (χ2n) is 5.34. The van der Waals surface area contributed by atoms with E-state index < -0.39 is 0 Å². The molecule has 1 fully saturated rings. The predicted octanol–water partition coefficient (Wildman–Crippen LogP) is 0.117. The zero-order chi connectivity index (χ0) is 13.7. The van der Waals surface area contributed by atoms with Crippen LogP contribution in [0, 0.1) is 0 Å². The fourth-order valence-electron chi connectivity index (χ4n) is 2.60. The van der Waals surface area contributed by atoms with Gasteiger partial charge < -0.3 is 15.2 Å². The minimum Gasteiger partial charge on any atom is -0.395 e. The van der Waals surface area contributed by atoms with Crippen molar-refractivity contribution in [2.24, 2.45) is 0 Å². The molecule has 2 aliphatic rings. The number of hydrogen-bond acceptors (Lipinski definition) is 5. The normalized spacial score (nSPS) is 18.1. The molecule has 104 valence electrons. The quantitative estimate of drug-likeness (QED) is 0.808. The van der Waals surface area contributed by atoms with Crippen LogP contribution in [0.2, 0.25) is 0 Å². The van der Waals surface area contributed by atoms with E-state index in [0.717, 1.165) is 24.4 Å². The topological polar surface area (TPSA) is 106 Å². The Hall–Kier alpha value is -2.38. The average Bonchev–Trinajstić information content (AvgIpc) is 3.06. The number of nitrogen functional groups attached to an aromatic ring is 1. The van der Waals surface area contributed by atoms with Crippen LogP contribution < -0.4 is 5.73 Å². The van der Waals surface area contributed by atoms with E-state index >= 15 is 0 Å². The zero-order valence-corrected chi connectivity index (χ0v) is 10.9. The molecule has 20 heavy (non-hydrogen) atoms. The highest BCUT2D eigenvalue weighted by molar-refractivity contribution is 5.97. The van der Waals surface area contributed by atoms with Crippen molar-refractivity contribution in [2.75, 3.05) is 12.3 Å². The highest BCUT2D eigenvalue weighted by Gasteiger charge is 2.32. The summed E-state index contributed by atoms with van der Waals surface area (Å²) in [6.07, 6.45) is 3.92. The van der Waals surface area contributed by atoms with Gasteiger partial charge in [0.25, 0.3) is 5.91 Å². The molecule has 0 spiro atoms. The number of aromatic nitrogens is 5. The Balaban J connectivity index is 1.59. The molecule has 3 N–H and O–H groups in total. The summed E-state index contributed by atoms with van der Waals surface area (Å²) in [5.74, 6) is 1.11. The summed E-state index contributed by atoms with van der Waals surface area (Å²) >= 11 is 0. The fraction of sp³-hybridized carbons (Fsp3) is 0.500. The van der Waals surface area contributed by atoms with Crippen LogP contribution in [-0.4, -0.2) is 42.3 Å². The fourth-order valence-corrected chi connectivity index (χ4v) is 2.60. The SMILES string of the molecule is Nc1c(C(=O)N2CCn3cnnc3C2)n[nH]c1C1CC1. The molecule has 8 nitrogen and oxygen atoms in total. The largest absolute Gasteiger partial charge is 0.395 e. The van der Waals surface area contributed by atoms with Gasteiger partial charge in [-0.05, 0) is 12.8 Å². The van der Waals surface area contributed by atoms with Gasteiger partial charge in [0.1, 0.15) is 6.33 Å².